The molecule has 3 atom stereocenters. The molecular formula is C18H22N2O5. The van der Waals surface area contributed by atoms with Gasteiger partial charge in [0.15, 0.2) is 0 Å². The number of nitro benzene ring substituents is 1. The number of non-ortho nitro benzene ring substituents is 1. The number of amides is 1. The minimum absolute atomic E-state index is 0.00174. The smallest absolute Gasteiger partial charge is 0.326 e. The molecule has 25 heavy (non-hydrogen) atoms. The summed E-state index contributed by atoms with van der Waals surface area (Å²) >= 11 is 0. The quantitative estimate of drug-likeness (QED) is 0.652. The molecule has 3 rings (SSSR count). The average Bonchev–Trinajstić information content (AvgIpc) is 3.00. The van der Waals surface area contributed by atoms with Crippen LogP contribution in [0.15, 0.2) is 24.3 Å². The van der Waals surface area contributed by atoms with Crippen LogP contribution in [-0.4, -0.2) is 38.9 Å². The lowest BCUT2D eigenvalue weighted by molar-refractivity contribution is -0.384. The molecule has 1 N–H and O–H groups in total. The number of benzene rings is 1. The SMILES string of the molecule is O=C(O)C1CC2CCCCC2N1C(=O)CCc1cccc([N+](=O)[O-])c1. The van der Waals surface area contributed by atoms with Crippen LogP contribution in [0.2, 0.25) is 0 Å². The zero-order valence-electron chi connectivity index (χ0n) is 14.0. The third-order valence-electron chi connectivity index (χ3n) is 5.41. The van der Waals surface area contributed by atoms with Gasteiger partial charge in [-0.1, -0.05) is 25.0 Å². The molecule has 1 aromatic carbocycles. The van der Waals surface area contributed by atoms with Crippen LogP contribution in [0, 0.1) is 16.0 Å². The summed E-state index contributed by atoms with van der Waals surface area (Å²) in [5.41, 5.74) is 0.718. The molecule has 1 saturated carbocycles. The molecule has 7 nitrogen and oxygen atoms in total. The van der Waals surface area contributed by atoms with Gasteiger partial charge in [0.05, 0.1) is 4.92 Å². The fourth-order valence-corrected chi connectivity index (χ4v) is 4.25. The topological polar surface area (TPSA) is 101 Å². The van der Waals surface area contributed by atoms with Crippen molar-refractivity contribution >= 4 is 17.6 Å². The van der Waals surface area contributed by atoms with Crippen LogP contribution in [-0.2, 0) is 16.0 Å². The summed E-state index contributed by atoms with van der Waals surface area (Å²) in [5.74, 6) is -0.803. The number of nitrogens with zero attached hydrogens (tertiary/aromatic N) is 2. The van der Waals surface area contributed by atoms with E-state index in [2.05, 4.69) is 0 Å². The predicted octanol–water partition coefficient (Wildman–Crippen LogP) is 2.77. The molecule has 2 aliphatic rings. The van der Waals surface area contributed by atoms with Gasteiger partial charge in [0.25, 0.3) is 5.69 Å². The number of nitro groups is 1. The van der Waals surface area contributed by atoms with Crippen molar-refractivity contribution < 1.29 is 19.6 Å². The van der Waals surface area contributed by atoms with Gasteiger partial charge in [-0.05, 0) is 37.2 Å². The Balaban J connectivity index is 1.69. The average molecular weight is 346 g/mol. The Bertz CT molecular complexity index is 690. The first-order valence-corrected chi connectivity index (χ1v) is 8.74. The Kier molecular flexibility index (Phi) is 5.01. The molecule has 1 saturated heterocycles. The molecule has 134 valence electrons. The molecule has 7 heteroatoms. The first-order chi connectivity index (χ1) is 12.0. The van der Waals surface area contributed by atoms with Crippen LogP contribution in [0.1, 0.15) is 44.1 Å². The Morgan fingerprint density at radius 3 is 2.76 bits per heavy atom. The van der Waals surface area contributed by atoms with Crippen molar-refractivity contribution in [2.24, 2.45) is 5.92 Å². The lowest BCUT2D eigenvalue weighted by Crippen LogP contribution is -2.46. The molecule has 2 fully saturated rings. The number of carboxylic acid groups (broad SMARTS) is 1. The normalized spacial score (nSPS) is 25.4. The van der Waals surface area contributed by atoms with E-state index in [1.165, 1.54) is 12.1 Å². The van der Waals surface area contributed by atoms with E-state index in [9.17, 15) is 24.8 Å². The minimum Gasteiger partial charge on any atom is -0.480 e. The highest BCUT2D eigenvalue weighted by molar-refractivity contribution is 5.85. The highest BCUT2D eigenvalue weighted by atomic mass is 16.6. The van der Waals surface area contributed by atoms with Crippen molar-refractivity contribution in [1.82, 2.24) is 4.90 Å². The summed E-state index contributed by atoms with van der Waals surface area (Å²) in [6, 6.07) is 5.54. The van der Waals surface area contributed by atoms with Gasteiger partial charge in [0.2, 0.25) is 5.91 Å². The number of carbonyl (C=O) groups is 2. The fraction of sp³-hybridized carbons (Fsp3) is 0.556. The Morgan fingerprint density at radius 2 is 2.04 bits per heavy atom. The fourth-order valence-electron chi connectivity index (χ4n) is 4.25. The monoisotopic (exact) mass is 346 g/mol. The summed E-state index contributed by atoms with van der Waals surface area (Å²) in [4.78, 5) is 36.3. The second-order valence-corrected chi connectivity index (χ2v) is 6.93. The van der Waals surface area contributed by atoms with E-state index in [0.717, 1.165) is 25.7 Å². The third-order valence-corrected chi connectivity index (χ3v) is 5.41. The zero-order chi connectivity index (χ0) is 18.0. The van der Waals surface area contributed by atoms with Gasteiger partial charge in [-0.3, -0.25) is 14.9 Å². The summed E-state index contributed by atoms with van der Waals surface area (Å²) in [6.45, 7) is 0. The van der Waals surface area contributed by atoms with Gasteiger partial charge in [0, 0.05) is 24.6 Å². The molecule has 3 unspecified atom stereocenters. The van der Waals surface area contributed by atoms with Crippen molar-refractivity contribution in [2.45, 2.75) is 57.0 Å². The number of hydrogen-bond donors (Lipinski definition) is 1. The number of rotatable bonds is 5. The Hall–Kier alpha value is -2.44. The molecule has 0 radical (unpaired) electrons. The predicted molar refractivity (Wildman–Crippen MR) is 90.1 cm³/mol. The van der Waals surface area contributed by atoms with E-state index in [1.807, 2.05) is 0 Å². The second-order valence-electron chi connectivity index (χ2n) is 6.93. The summed E-state index contributed by atoms with van der Waals surface area (Å²) in [6.07, 6.45) is 5.09. The second kappa shape index (κ2) is 7.21. The minimum atomic E-state index is -0.932. The number of hydrogen-bond acceptors (Lipinski definition) is 4. The van der Waals surface area contributed by atoms with Crippen LogP contribution in [0.4, 0.5) is 5.69 Å². The Morgan fingerprint density at radius 1 is 1.28 bits per heavy atom. The highest BCUT2D eigenvalue weighted by Gasteiger charge is 2.47. The number of aryl methyl sites for hydroxylation is 1. The van der Waals surface area contributed by atoms with Crippen molar-refractivity contribution in [2.75, 3.05) is 0 Å². The molecule has 0 bridgehead atoms. The van der Waals surface area contributed by atoms with Gasteiger partial charge in [-0.2, -0.15) is 0 Å². The zero-order valence-corrected chi connectivity index (χ0v) is 14.0. The number of carbonyl (C=O) groups excluding carboxylic acids is 1. The van der Waals surface area contributed by atoms with E-state index >= 15 is 0 Å². The number of aliphatic carboxylic acids is 1. The summed E-state index contributed by atoms with van der Waals surface area (Å²) in [7, 11) is 0. The first-order valence-electron chi connectivity index (χ1n) is 8.74. The molecule has 1 aliphatic heterocycles. The van der Waals surface area contributed by atoms with E-state index < -0.39 is 16.9 Å². The van der Waals surface area contributed by atoms with Gasteiger partial charge >= 0.3 is 5.97 Å². The standard InChI is InChI=1S/C18H22N2O5/c21-17(9-8-12-4-3-6-14(10-12)20(24)25)19-15-7-2-1-5-13(15)11-16(19)18(22)23/h3-4,6,10,13,15-16H,1-2,5,7-9,11H2,(H,22,23). The van der Waals surface area contributed by atoms with Crippen molar-refractivity contribution in [3.8, 4) is 0 Å². The number of carboxylic acids is 1. The van der Waals surface area contributed by atoms with Crippen LogP contribution in [0.5, 0.6) is 0 Å². The maximum Gasteiger partial charge on any atom is 0.326 e. The Labute approximate surface area is 145 Å². The molecule has 1 heterocycles. The molecule has 1 aliphatic carbocycles. The van der Waals surface area contributed by atoms with Gasteiger partial charge < -0.3 is 10.0 Å². The summed E-state index contributed by atoms with van der Waals surface area (Å²) < 4.78 is 0. The van der Waals surface area contributed by atoms with Crippen LogP contribution < -0.4 is 0 Å². The largest absolute Gasteiger partial charge is 0.480 e. The molecule has 0 spiro atoms. The molecule has 1 aromatic rings. The van der Waals surface area contributed by atoms with Crippen molar-refractivity contribution in [1.29, 1.82) is 0 Å². The maximum atomic E-state index is 12.7. The molecular weight excluding hydrogens is 324 g/mol. The van der Waals surface area contributed by atoms with Gasteiger partial charge in [0.1, 0.15) is 6.04 Å². The molecule has 0 aromatic heterocycles. The van der Waals surface area contributed by atoms with Gasteiger partial charge in [-0.15, -0.1) is 0 Å². The molecule has 1 amide bonds. The number of fused-ring (bicyclic) bond motifs is 1. The summed E-state index contributed by atoms with van der Waals surface area (Å²) in [5, 5.41) is 20.3. The van der Waals surface area contributed by atoms with E-state index in [1.54, 1.807) is 17.0 Å². The lowest BCUT2D eigenvalue weighted by Gasteiger charge is -2.33. The highest BCUT2D eigenvalue weighted by Crippen LogP contribution is 2.40. The van der Waals surface area contributed by atoms with Crippen LogP contribution >= 0.6 is 0 Å². The number of likely N-dealkylation sites (tertiary alicyclic amines) is 1. The van der Waals surface area contributed by atoms with E-state index in [0.29, 0.717) is 18.4 Å². The van der Waals surface area contributed by atoms with E-state index in [4.69, 9.17) is 0 Å². The van der Waals surface area contributed by atoms with Gasteiger partial charge in [-0.25, -0.2) is 4.79 Å². The van der Waals surface area contributed by atoms with Crippen LogP contribution in [0.3, 0.4) is 0 Å². The third kappa shape index (κ3) is 3.65. The van der Waals surface area contributed by atoms with E-state index in [-0.39, 0.29) is 30.0 Å². The van der Waals surface area contributed by atoms with Crippen molar-refractivity contribution in [3.05, 3.63) is 39.9 Å². The van der Waals surface area contributed by atoms with Crippen molar-refractivity contribution in [3.63, 3.8) is 0 Å². The first kappa shape index (κ1) is 17.4. The maximum absolute atomic E-state index is 12.7. The van der Waals surface area contributed by atoms with Crippen LogP contribution in [0.25, 0.3) is 0 Å². The lowest BCUT2D eigenvalue weighted by atomic mass is 9.84.